The van der Waals surface area contributed by atoms with Gasteiger partial charge in [0.15, 0.2) is 0 Å². The van der Waals surface area contributed by atoms with Crippen molar-refractivity contribution in [3.05, 3.63) is 29.2 Å². The van der Waals surface area contributed by atoms with Crippen molar-refractivity contribution in [2.45, 2.75) is 33.9 Å². The average molecular weight is 270 g/mol. The smallest absolute Gasteiger partial charge is 0.124 e. The van der Waals surface area contributed by atoms with Crippen molar-refractivity contribution in [2.24, 2.45) is 7.05 Å². The standard InChI is InChI=1S/C12H19N5.ClH/c1-5-17-12(6-9(2)14-17)13-7-11-8-16(4)15-10(11)3;/h6,8,13H,5,7H2,1-4H3;1H. The van der Waals surface area contributed by atoms with Crippen LogP contribution < -0.4 is 5.32 Å². The molecular weight excluding hydrogens is 250 g/mol. The Morgan fingerprint density at radius 1 is 1.28 bits per heavy atom. The van der Waals surface area contributed by atoms with E-state index in [1.807, 2.05) is 36.5 Å². The van der Waals surface area contributed by atoms with Crippen molar-refractivity contribution < 1.29 is 0 Å². The fourth-order valence-corrected chi connectivity index (χ4v) is 1.94. The molecule has 1 N–H and O–H groups in total. The van der Waals surface area contributed by atoms with Gasteiger partial charge in [0.05, 0.1) is 11.4 Å². The van der Waals surface area contributed by atoms with Gasteiger partial charge in [0.2, 0.25) is 0 Å². The molecule has 2 aromatic heterocycles. The first-order valence-corrected chi connectivity index (χ1v) is 5.87. The molecule has 0 aliphatic rings. The fraction of sp³-hybridized carbons (Fsp3) is 0.500. The molecule has 0 bridgehead atoms. The third-order valence-electron chi connectivity index (χ3n) is 2.78. The maximum absolute atomic E-state index is 4.40. The van der Waals surface area contributed by atoms with E-state index >= 15 is 0 Å². The van der Waals surface area contributed by atoms with E-state index in [-0.39, 0.29) is 12.4 Å². The van der Waals surface area contributed by atoms with Crippen LogP contribution >= 0.6 is 12.4 Å². The normalized spacial score (nSPS) is 10.2. The zero-order valence-electron chi connectivity index (χ0n) is 11.3. The Hall–Kier alpha value is -1.49. The van der Waals surface area contributed by atoms with E-state index in [9.17, 15) is 0 Å². The number of rotatable bonds is 4. The summed E-state index contributed by atoms with van der Waals surface area (Å²) < 4.78 is 3.82. The Labute approximate surface area is 114 Å². The van der Waals surface area contributed by atoms with Gasteiger partial charge < -0.3 is 5.32 Å². The number of nitrogens with zero attached hydrogens (tertiary/aromatic N) is 4. The Morgan fingerprint density at radius 3 is 2.56 bits per heavy atom. The molecule has 6 heteroatoms. The van der Waals surface area contributed by atoms with Crippen LogP contribution in [-0.2, 0) is 20.1 Å². The zero-order valence-corrected chi connectivity index (χ0v) is 12.1. The molecule has 0 saturated carbocycles. The number of anilines is 1. The molecule has 5 nitrogen and oxygen atoms in total. The molecule has 0 aromatic carbocycles. The van der Waals surface area contributed by atoms with Crippen molar-refractivity contribution in [1.82, 2.24) is 19.6 Å². The van der Waals surface area contributed by atoms with Gasteiger partial charge in [-0.1, -0.05) is 0 Å². The molecule has 0 spiro atoms. The number of nitrogens with one attached hydrogen (secondary N) is 1. The maximum Gasteiger partial charge on any atom is 0.124 e. The summed E-state index contributed by atoms with van der Waals surface area (Å²) in [5.74, 6) is 1.06. The second kappa shape index (κ2) is 5.91. The third kappa shape index (κ3) is 3.04. The molecule has 2 rings (SSSR count). The van der Waals surface area contributed by atoms with Gasteiger partial charge in [-0.05, 0) is 20.8 Å². The van der Waals surface area contributed by atoms with Crippen LogP contribution in [0.25, 0.3) is 0 Å². The van der Waals surface area contributed by atoms with Crippen LogP contribution in [0, 0.1) is 13.8 Å². The SMILES string of the molecule is CCn1nc(C)cc1NCc1cn(C)nc1C.Cl. The predicted octanol–water partition coefficient (Wildman–Crippen LogP) is 2.29. The first-order valence-electron chi connectivity index (χ1n) is 5.87. The number of hydrogen-bond acceptors (Lipinski definition) is 3. The monoisotopic (exact) mass is 269 g/mol. The molecule has 0 amide bonds. The first-order chi connectivity index (χ1) is 8.10. The molecule has 0 fully saturated rings. The van der Waals surface area contributed by atoms with E-state index < -0.39 is 0 Å². The molecule has 0 aliphatic heterocycles. The van der Waals surface area contributed by atoms with Crippen LogP contribution in [0.4, 0.5) is 5.82 Å². The van der Waals surface area contributed by atoms with E-state index in [0.29, 0.717) is 0 Å². The van der Waals surface area contributed by atoms with Gasteiger partial charge in [-0.25, -0.2) is 4.68 Å². The fourth-order valence-electron chi connectivity index (χ4n) is 1.94. The average Bonchev–Trinajstić information content (AvgIpc) is 2.78. The molecule has 0 atom stereocenters. The van der Waals surface area contributed by atoms with Crippen molar-refractivity contribution in [1.29, 1.82) is 0 Å². The van der Waals surface area contributed by atoms with E-state index in [2.05, 4.69) is 28.5 Å². The Balaban J connectivity index is 0.00000162. The summed E-state index contributed by atoms with van der Waals surface area (Å²) in [5, 5.41) is 12.1. The molecule has 100 valence electrons. The molecular formula is C12H20ClN5. The summed E-state index contributed by atoms with van der Waals surface area (Å²) in [5.41, 5.74) is 3.32. The summed E-state index contributed by atoms with van der Waals surface area (Å²) in [6.07, 6.45) is 2.04. The number of aryl methyl sites for hydroxylation is 4. The lowest BCUT2D eigenvalue weighted by atomic mass is 10.2. The highest BCUT2D eigenvalue weighted by Crippen LogP contribution is 2.13. The van der Waals surface area contributed by atoms with Crippen molar-refractivity contribution in [3.63, 3.8) is 0 Å². The minimum absolute atomic E-state index is 0. The highest BCUT2D eigenvalue weighted by atomic mass is 35.5. The minimum atomic E-state index is 0. The predicted molar refractivity (Wildman–Crippen MR) is 75.2 cm³/mol. The summed E-state index contributed by atoms with van der Waals surface area (Å²) in [6.45, 7) is 7.78. The number of aromatic nitrogens is 4. The van der Waals surface area contributed by atoms with E-state index in [1.54, 1.807) is 0 Å². The largest absolute Gasteiger partial charge is 0.366 e. The van der Waals surface area contributed by atoms with Crippen molar-refractivity contribution >= 4 is 18.2 Å². The molecule has 0 radical (unpaired) electrons. The Kier molecular flexibility index (Phi) is 4.78. The lowest BCUT2D eigenvalue weighted by Gasteiger charge is -2.07. The van der Waals surface area contributed by atoms with E-state index in [1.165, 1.54) is 5.56 Å². The molecule has 0 saturated heterocycles. The molecule has 2 heterocycles. The summed E-state index contributed by atoms with van der Waals surface area (Å²) in [7, 11) is 1.94. The van der Waals surface area contributed by atoms with Gasteiger partial charge in [-0.3, -0.25) is 4.68 Å². The highest BCUT2D eigenvalue weighted by Gasteiger charge is 2.06. The first kappa shape index (κ1) is 14.6. The van der Waals surface area contributed by atoms with Crippen LogP contribution in [0.2, 0.25) is 0 Å². The van der Waals surface area contributed by atoms with Crippen molar-refractivity contribution in [3.8, 4) is 0 Å². The summed E-state index contributed by atoms with van der Waals surface area (Å²) >= 11 is 0. The van der Waals surface area contributed by atoms with Gasteiger partial charge in [-0.2, -0.15) is 10.2 Å². The highest BCUT2D eigenvalue weighted by molar-refractivity contribution is 5.85. The van der Waals surface area contributed by atoms with Gasteiger partial charge in [0, 0.05) is 38.0 Å². The van der Waals surface area contributed by atoms with Crippen LogP contribution in [0.3, 0.4) is 0 Å². The van der Waals surface area contributed by atoms with Gasteiger partial charge in [-0.15, -0.1) is 12.4 Å². The Morgan fingerprint density at radius 2 is 2.00 bits per heavy atom. The Bertz CT molecular complexity index is 515. The summed E-state index contributed by atoms with van der Waals surface area (Å²) in [4.78, 5) is 0. The van der Waals surface area contributed by atoms with Gasteiger partial charge in [0.25, 0.3) is 0 Å². The van der Waals surface area contributed by atoms with Crippen LogP contribution in [0.1, 0.15) is 23.9 Å². The molecule has 0 aliphatic carbocycles. The van der Waals surface area contributed by atoms with Crippen molar-refractivity contribution in [2.75, 3.05) is 5.32 Å². The number of hydrogen-bond donors (Lipinski definition) is 1. The quantitative estimate of drug-likeness (QED) is 0.926. The van der Waals surface area contributed by atoms with Crippen LogP contribution in [0.15, 0.2) is 12.3 Å². The molecule has 18 heavy (non-hydrogen) atoms. The lowest BCUT2D eigenvalue weighted by Crippen LogP contribution is -2.07. The zero-order chi connectivity index (χ0) is 12.4. The third-order valence-corrected chi connectivity index (χ3v) is 2.78. The lowest BCUT2D eigenvalue weighted by molar-refractivity contribution is 0.657. The minimum Gasteiger partial charge on any atom is -0.366 e. The maximum atomic E-state index is 4.40. The van der Waals surface area contributed by atoms with Gasteiger partial charge >= 0.3 is 0 Å². The molecule has 0 unspecified atom stereocenters. The summed E-state index contributed by atoms with van der Waals surface area (Å²) in [6, 6.07) is 2.06. The van der Waals surface area contributed by atoms with E-state index in [4.69, 9.17) is 0 Å². The van der Waals surface area contributed by atoms with E-state index in [0.717, 1.165) is 30.3 Å². The number of halogens is 1. The van der Waals surface area contributed by atoms with Crippen LogP contribution in [0.5, 0.6) is 0 Å². The second-order valence-electron chi connectivity index (χ2n) is 4.25. The molecule has 2 aromatic rings. The topological polar surface area (TPSA) is 47.7 Å². The van der Waals surface area contributed by atoms with Gasteiger partial charge in [0.1, 0.15) is 5.82 Å². The van der Waals surface area contributed by atoms with Crippen LogP contribution in [-0.4, -0.2) is 19.6 Å². The second-order valence-corrected chi connectivity index (χ2v) is 4.25.